The molecule has 0 radical (unpaired) electrons. The van der Waals surface area contributed by atoms with E-state index in [-0.39, 0.29) is 0 Å². The lowest BCUT2D eigenvalue weighted by Crippen LogP contribution is -2.13. The van der Waals surface area contributed by atoms with Crippen LogP contribution in [0.4, 0.5) is 0 Å². The largest absolute Gasteiger partial charge is 0.497 e. The Bertz CT molecular complexity index is 599. The fourth-order valence-corrected chi connectivity index (χ4v) is 2.36. The van der Waals surface area contributed by atoms with Crippen LogP contribution in [0.3, 0.4) is 0 Å². The molecule has 0 aromatic heterocycles. The van der Waals surface area contributed by atoms with Crippen molar-refractivity contribution in [1.29, 1.82) is 0 Å². The van der Waals surface area contributed by atoms with Gasteiger partial charge in [0, 0.05) is 25.8 Å². The van der Waals surface area contributed by atoms with Crippen LogP contribution < -0.4 is 14.8 Å². The Morgan fingerprint density at radius 3 is 2.41 bits per heavy atom. The molecule has 0 aliphatic rings. The van der Waals surface area contributed by atoms with E-state index in [0.29, 0.717) is 6.61 Å². The minimum absolute atomic E-state index is 0.636. The Morgan fingerprint density at radius 2 is 1.68 bits per heavy atom. The molecule has 0 fully saturated rings. The summed E-state index contributed by atoms with van der Waals surface area (Å²) in [5.74, 6) is 1.70. The average Bonchev–Trinajstić information content (AvgIpc) is 2.55. The van der Waals surface area contributed by atoms with E-state index in [1.807, 2.05) is 18.2 Å². The van der Waals surface area contributed by atoms with E-state index in [1.54, 1.807) is 21.3 Å². The fourth-order valence-electron chi connectivity index (χ4n) is 2.36. The normalized spacial score (nSPS) is 10.5. The van der Waals surface area contributed by atoms with Gasteiger partial charge in [-0.2, -0.15) is 0 Å². The van der Waals surface area contributed by atoms with Gasteiger partial charge in [0.25, 0.3) is 0 Å². The van der Waals surface area contributed by atoms with Gasteiger partial charge in [-0.25, -0.2) is 0 Å². The molecule has 2 rings (SSSR count). The van der Waals surface area contributed by atoms with Crippen LogP contribution in [-0.2, 0) is 24.4 Å². The molecule has 22 heavy (non-hydrogen) atoms. The summed E-state index contributed by atoms with van der Waals surface area (Å²) in [6.45, 7) is 2.14. The van der Waals surface area contributed by atoms with Crippen LogP contribution in [0.25, 0.3) is 0 Å². The molecule has 0 unspecified atom stereocenters. The predicted octanol–water partition coefficient (Wildman–Crippen LogP) is 3.14. The number of nitrogens with one attached hydrogen (secondary N) is 1. The molecule has 4 heteroatoms. The molecule has 2 aromatic rings. The summed E-state index contributed by atoms with van der Waals surface area (Å²) in [5.41, 5.74) is 3.49. The Balaban J connectivity index is 1.97. The maximum Gasteiger partial charge on any atom is 0.123 e. The Kier molecular flexibility index (Phi) is 6.25. The molecule has 2 aromatic carbocycles. The number of hydrogen-bond acceptors (Lipinski definition) is 4. The van der Waals surface area contributed by atoms with Gasteiger partial charge in [0.05, 0.1) is 20.8 Å². The number of methoxy groups -OCH3 is 3. The highest BCUT2D eigenvalue weighted by Gasteiger charge is 2.05. The highest BCUT2D eigenvalue weighted by molar-refractivity contribution is 5.40. The average molecular weight is 301 g/mol. The van der Waals surface area contributed by atoms with Gasteiger partial charge in [0.1, 0.15) is 11.5 Å². The van der Waals surface area contributed by atoms with Crippen molar-refractivity contribution in [3.05, 3.63) is 59.2 Å². The standard InChI is InChI=1S/C18H23NO3/c1-20-13-15-6-4-5-14(9-15)11-19-12-16-10-17(21-2)7-8-18(16)22-3/h4-10,19H,11-13H2,1-3H3. The van der Waals surface area contributed by atoms with Gasteiger partial charge in [-0.1, -0.05) is 24.3 Å². The van der Waals surface area contributed by atoms with Gasteiger partial charge in [-0.15, -0.1) is 0 Å². The van der Waals surface area contributed by atoms with Crippen LogP contribution >= 0.6 is 0 Å². The fraction of sp³-hybridized carbons (Fsp3) is 0.333. The summed E-state index contributed by atoms with van der Waals surface area (Å²) in [5, 5.41) is 3.44. The van der Waals surface area contributed by atoms with E-state index < -0.39 is 0 Å². The Hall–Kier alpha value is -2.04. The summed E-state index contributed by atoms with van der Waals surface area (Å²) in [6, 6.07) is 14.2. The first kappa shape index (κ1) is 16.3. The number of rotatable bonds is 8. The molecule has 0 atom stereocenters. The van der Waals surface area contributed by atoms with E-state index in [2.05, 4.69) is 29.6 Å². The molecule has 0 heterocycles. The zero-order valence-electron chi connectivity index (χ0n) is 13.4. The van der Waals surface area contributed by atoms with Gasteiger partial charge in [-0.05, 0) is 29.3 Å². The van der Waals surface area contributed by atoms with Crippen LogP contribution in [0.1, 0.15) is 16.7 Å². The quantitative estimate of drug-likeness (QED) is 0.813. The summed E-state index contributed by atoms with van der Waals surface area (Å²) in [7, 11) is 5.06. The van der Waals surface area contributed by atoms with Crippen molar-refractivity contribution in [3.8, 4) is 11.5 Å². The van der Waals surface area contributed by atoms with Crippen molar-refractivity contribution < 1.29 is 14.2 Å². The predicted molar refractivity (Wildman–Crippen MR) is 87.2 cm³/mol. The SMILES string of the molecule is COCc1cccc(CNCc2cc(OC)ccc2OC)c1. The molecular weight excluding hydrogens is 278 g/mol. The molecule has 4 nitrogen and oxygen atoms in total. The summed E-state index contributed by atoms with van der Waals surface area (Å²) in [4.78, 5) is 0. The second-order valence-electron chi connectivity index (χ2n) is 5.03. The third-order valence-electron chi connectivity index (χ3n) is 3.43. The van der Waals surface area contributed by atoms with Crippen molar-refractivity contribution in [2.45, 2.75) is 19.7 Å². The summed E-state index contributed by atoms with van der Waals surface area (Å²) in [6.07, 6.45) is 0. The monoisotopic (exact) mass is 301 g/mol. The first-order chi connectivity index (χ1) is 10.8. The number of ether oxygens (including phenoxy) is 3. The van der Waals surface area contributed by atoms with Crippen LogP contribution in [0, 0.1) is 0 Å². The van der Waals surface area contributed by atoms with Crippen molar-refractivity contribution in [2.24, 2.45) is 0 Å². The minimum Gasteiger partial charge on any atom is -0.497 e. The van der Waals surface area contributed by atoms with Gasteiger partial charge >= 0.3 is 0 Å². The zero-order chi connectivity index (χ0) is 15.8. The number of benzene rings is 2. The molecule has 0 saturated carbocycles. The van der Waals surface area contributed by atoms with Crippen molar-refractivity contribution in [1.82, 2.24) is 5.32 Å². The zero-order valence-corrected chi connectivity index (χ0v) is 13.4. The van der Waals surface area contributed by atoms with Crippen molar-refractivity contribution in [3.63, 3.8) is 0 Å². The highest BCUT2D eigenvalue weighted by Crippen LogP contribution is 2.23. The molecule has 0 aliphatic carbocycles. The van der Waals surface area contributed by atoms with E-state index in [1.165, 1.54) is 11.1 Å². The summed E-state index contributed by atoms with van der Waals surface area (Å²) >= 11 is 0. The third kappa shape index (κ3) is 4.48. The topological polar surface area (TPSA) is 39.7 Å². The van der Waals surface area contributed by atoms with E-state index >= 15 is 0 Å². The summed E-state index contributed by atoms with van der Waals surface area (Å²) < 4.78 is 15.8. The molecular formula is C18H23NO3. The maximum atomic E-state index is 5.39. The lowest BCUT2D eigenvalue weighted by Gasteiger charge is -2.12. The first-order valence-electron chi connectivity index (χ1n) is 7.25. The Morgan fingerprint density at radius 1 is 0.864 bits per heavy atom. The van der Waals surface area contributed by atoms with Gasteiger partial charge in [0.2, 0.25) is 0 Å². The van der Waals surface area contributed by atoms with Gasteiger partial charge < -0.3 is 19.5 Å². The van der Waals surface area contributed by atoms with Crippen LogP contribution in [-0.4, -0.2) is 21.3 Å². The van der Waals surface area contributed by atoms with E-state index in [4.69, 9.17) is 14.2 Å². The maximum absolute atomic E-state index is 5.39. The van der Waals surface area contributed by atoms with E-state index in [0.717, 1.165) is 30.2 Å². The highest BCUT2D eigenvalue weighted by atomic mass is 16.5. The lowest BCUT2D eigenvalue weighted by atomic mass is 10.1. The number of hydrogen-bond donors (Lipinski definition) is 1. The lowest BCUT2D eigenvalue weighted by molar-refractivity contribution is 0.185. The second-order valence-corrected chi connectivity index (χ2v) is 5.03. The van der Waals surface area contributed by atoms with Crippen LogP contribution in [0.5, 0.6) is 11.5 Å². The van der Waals surface area contributed by atoms with Crippen molar-refractivity contribution in [2.75, 3.05) is 21.3 Å². The van der Waals surface area contributed by atoms with Crippen molar-refractivity contribution >= 4 is 0 Å². The van der Waals surface area contributed by atoms with Crippen LogP contribution in [0.2, 0.25) is 0 Å². The third-order valence-corrected chi connectivity index (χ3v) is 3.43. The molecule has 118 valence electrons. The molecule has 0 bridgehead atoms. The second kappa shape index (κ2) is 8.41. The first-order valence-corrected chi connectivity index (χ1v) is 7.25. The molecule has 1 N–H and O–H groups in total. The smallest absolute Gasteiger partial charge is 0.123 e. The van der Waals surface area contributed by atoms with E-state index in [9.17, 15) is 0 Å². The minimum atomic E-state index is 0.636. The molecule has 0 aliphatic heterocycles. The molecule has 0 amide bonds. The molecule has 0 saturated heterocycles. The Labute approximate surface area is 132 Å². The van der Waals surface area contributed by atoms with Crippen LogP contribution in [0.15, 0.2) is 42.5 Å². The molecule has 0 spiro atoms. The van der Waals surface area contributed by atoms with Gasteiger partial charge in [-0.3, -0.25) is 0 Å². The van der Waals surface area contributed by atoms with Gasteiger partial charge in [0.15, 0.2) is 0 Å².